The number of aliphatic imine (C=N–C) groups is 2. The summed E-state index contributed by atoms with van der Waals surface area (Å²) in [6.07, 6.45) is -4.81. The maximum atomic E-state index is 13.2. The minimum absolute atomic E-state index is 0.141. The van der Waals surface area contributed by atoms with E-state index >= 15 is 0 Å². The zero-order valence-electron chi connectivity index (χ0n) is 13.0. The Morgan fingerprint density at radius 2 is 1.75 bits per heavy atom. The van der Waals surface area contributed by atoms with Gasteiger partial charge in [-0.2, -0.15) is 18.2 Å². The van der Waals surface area contributed by atoms with Gasteiger partial charge in [0.25, 0.3) is 0 Å². The number of nitrogens with two attached hydrogens (primary N) is 2. The summed E-state index contributed by atoms with van der Waals surface area (Å²) in [6.45, 7) is 2.93. The number of rotatable bonds is 1. The first-order chi connectivity index (χ1) is 11.2. The lowest BCUT2D eigenvalue weighted by molar-refractivity contribution is -0.139. The number of piperazine rings is 1. The van der Waals surface area contributed by atoms with Crippen molar-refractivity contribution in [1.29, 1.82) is 0 Å². The van der Waals surface area contributed by atoms with Gasteiger partial charge >= 0.3 is 6.18 Å². The normalized spacial score (nSPS) is 18.1. The first-order valence-electron chi connectivity index (χ1n) is 7.15. The number of halogens is 4. The zero-order valence-corrected chi connectivity index (χ0v) is 13.0. The van der Waals surface area contributed by atoms with E-state index in [9.17, 15) is 17.6 Å². The molecule has 1 aromatic carbocycles. The molecule has 1 saturated heterocycles. The van der Waals surface area contributed by atoms with Crippen LogP contribution in [0.2, 0.25) is 0 Å². The van der Waals surface area contributed by atoms with E-state index in [0.29, 0.717) is 25.2 Å². The second-order valence-corrected chi connectivity index (χ2v) is 5.39. The molecule has 2 rings (SSSR count). The van der Waals surface area contributed by atoms with E-state index in [4.69, 9.17) is 11.5 Å². The average Bonchev–Trinajstić information content (AvgIpc) is 2.48. The fourth-order valence-corrected chi connectivity index (χ4v) is 2.18. The monoisotopic (exact) mass is 346 g/mol. The van der Waals surface area contributed by atoms with E-state index in [2.05, 4.69) is 14.9 Å². The van der Waals surface area contributed by atoms with Gasteiger partial charge < -0.3 is 21.3 Å². The Hall–Kier alpha value is -2.36. The predicted molar refractivity (Wildman–Crippen MR) is 83.4 cm³/mol. The average molecular weight is 346 g/mol. The maximum absolute atomic E-state index is 13.2. The molecule has 0 aromatic heterocycles. The number of guanidine groups is 2. The summed E-state index contributed by atoms with van der Waals surface area (Å²) in [6, 6.07) is 2.34. The van der Waals surface area contributed by atoms with Crippen molar-refractivity contribution in [2.75, 3.05) is 33.2 Å². The molecule has 0 bridgehead atoms. The smallest absolute Gasteiger partial charge is 0.369 e. The van der Waals surface area contributed by atoms with Gasteiger partial charge in [-0.3, -0.25) is 0 Å². The summed E-state index contributed by atoms with van der Waals surface area (Å²) < 4.78 is 51.2. The molecule has 132 valence electrons. The summed E-state index contributed by atoms with van der Waals surface area (Å²) in [5.41, 5.74) is 9.87. The van der Waals surface area contributed by atoms with Crippen LogP contribution in [0.1, 0.15) is 5.56 Å². The van der Waals surface area contributed by atoms with Gasteiger partial charge in [0.1, 0.15) is 5.82 Å². The number of benzene rings is 1. The molecule has 0 aliphatic carbocycles. The molecule has 10 heteroatoms. The van der Waals surface area contributed by atoms with E-state index in [-0.39, 0.29) is 17.6 Å². The second kappa shape index (κ2) is 7.04. The van der Waals surface area contributed by atoms with Gasteiger partial charge in [0.05, 0.1) is 11.3 Å². The number of alkyl halides is 3. The highest BCUT2D eigenvalue weighted by Gasteiger charge is 2.34. The molecule has 24 heavy (non-hydrogen) atoms. The molecule has 0 amide bonds. The first-order valence-corrected chi connectivity index (χ1v) is 7.15. The van der Waals surface area contributed by atoms with E-state index < -0.39 is 17.6 Å². The molecule has 1 aliphatic heterocycles. The minimum Gasteiger partial charge on any atom is -0.369 e. The lowest BCUT2D eigenvalue weighted by Gasteiger charge is -2.32. The molecule has 0 radical (unpaired) electrons. The van der Waals surface area contributed by atoms with Gasteiger partial charge in [-0.25, -0.2) is 9.38 Å². The molecule has 0 atom stereocenters. The Morgan fingerprint density at radius 3 is 2.33 bits per heavy atom. The highest BCUT2D eigenvalue weighted by atomic mass is 19.4. The van der Waals surface area contributed by atoms with Crippen molar-refractivity contribution < 1.29 is 17.6 Å². The van der Waals surface area contributed by atoms with Crippen LogP contribution in [0.4, 0.5) is 23.2 Å². The van der Waals surface area contributed by atoms with Crippen LogP contribution in [0.5, 0.6) is 0 Å². The summed E-state index contributed by atoms with van der Waals surface area (Å²) in [5, 5.41) is 0. The predicted octanol–water partition coefficient (Wildman–Crippen LogP) is 1.35. The Bertz CT molecular complexity index is 647. The Kier molecular flexibility index (Phi) is 5.27. The fourth-order valence-electron chi connectivity index (χ4n) is 2.18. The zero-order chi connectivity index (χ0) is 17.9. The number of nitrogens with zero attached hydrogens (tertiary/aromatic N) is 4. The van der Waals surface area contributed by atoms with Gasteiger partial charge in [-0.15, -0.1) is 0 Å². The van der Waals surface area contributed by atoms with Crippen LogP contribution in [-0.2, 0) is 6.18 Å². The SMILES string of the molecule is CN1CCN(C(N)=NC(N)=Nc2ccc(F)c(C(F)(F)F)c2)CC1. The molecule has 6 nitrogen and oxygen atoms in total. The van der Waals surface area contributed by atoms with Crippen LogP contribution in [-0.4, -0.2) is 54.9 Å². The molecular weight excluding hydrogens is 328 g/mol. The first kappa shape index (κ1) is 18.0. The molecule has 1 fully saturated rings. The van der Waals surface area contributed by atoms with Crippen molar-refractivity contribution >= 4 is 17.6 Å². The molecule has 0 spiro atoms. The van der Waals surface area contributed by atoms with Crippen molar-refractivity contribution in [1.82, 2.24) is 9.80 Å². The van der Waals surface area contributed by atoms with Crippen molar-refractivity contribution in [3.05, 3.63) is 29.6 Å². The molecule has 4 N–H and O–H groups in total. The molecule has 0 saturated carbocycles. The molecule has 1 heterocycles. The standard InChI is InChI=1S/C14H18F4N6/c1-23-4-6-24(7-5-23)13(20)22-12(19)21-9-2-3-11(15)10(8-9)14(16,17)18/h2-3,8H,4-7H2,1H3,(H4,19,20,21,22). The van der Waals surface area contributed by atoms with Gasteiger partial charge in [-0.05, 0) is 25.2 Å². The van der Waals surface area contributed by atoms with Crippen molar-refractivity contribution in [3.8, 4) is 0 Å². The third kappa shape index (κ3) is 4.57. The number of likely N-dealkylation sites (N-methyl/N-ethyl adjacent to an activating group) is 1. The van der Waals surface area contributed by atoms with Crippen LogP contribution < -0.4 is 11.5 Å². The van der Waals surface area contributed by atoms with Crippen LogP contribution >= 0.6 is 0 Å². The molecule has 0 unspecified atom stereocenters. The molecule has 1 aliphatic rings. The van der Waals surface area contributed by atoms with Crippen LogP contribution in [0.25, 0.3) is 0 Å². The Morgan fingerprint density at radius 1 is 1.12 bits per heavy atom. The molecule has 1 aromatic rings. The highest BCUT2D eigenvalue weighted by molar-refractivity contribution is 5.94. The largest absolute Gasteiger partial charge is 0.419 e. The van der Waals surface area contributed by atoms with Crippen molar-refractivity contribution in [2.45, 2.75) is 6.18 Å². The van der Waals surface area contributed by atoms with Gasteiger partial charge in [0, 0.05) is 26.2 Å². The summed E-state index contributed by atoms with van der Waals surface area (Å²) in [7, 11) is 1.98. The highest BCUT2D eigenvalue weighted by Crippen LogP contribution is 2.33. The number of hydrogen-bond donors (Lipinski definition) is 2. The molecular formula is C14H18F4N6. The van der Waals surface area contributed by atoms with Gasteiger partial charge in [0.15, 0.2) is 5.96 Å². The van der Waals surface area contributed by atoms with Crippen molar-refractivity contribution in [3.63, 3.8) is 0 Å². The summed E-state index contributed by atoms with van der Waals surface area (Å²) in [4.78, 5) is 11.6. The minimum atomic E-state index is -4.81. The third-order valence-corrected chi connectivity index (χ3v) is 3.56. The van der Waals surface area contributed by atoms with Crippen molar-refractivity contribution in [2.24, 2.45) is 21.5 Å². The quantitative estimate of drug-likeness (QED) is 0.457. The van der Waals surface area contributed by atoms with E-state index in [1.807, 2.05) is 7.05 Å². The Labute approximate surface area is 136 Å². The third-order valence-electron chi connectivity index (χ3n) is 3.56. The van der Waals surface area contributed by atoms with Crippen LogP contribution in [0, 0.1) is 5.82 Å². The van der Waals surface area contributed by atoms with E-state index in [1.165, 1.54) is 0 Å². The van der Waals surface area contributed by atoms with Crippen LogP contribution in [0.15, 0.2) is 28.2 Å². The van der Waals surface area contributed by atoms with Gasteiger partial charge in [-0.1, -0.05) is 0 Å². The lowest BCUT2D eigenvalue weighted by atomic mass is 10.2. The fraction of sp³-hybridized carbons (Fsp3) is 0.429. The van der Waals surface area contributed by atoms with Gasteiger partial charge in [0.2, 0.25) is 5.96 Å². The number of hydrogen-bond acceptors (Lipinski definition) is 2. The Balaban J connectivity index is 2.17. The summed E-state index contributed by atoms with van der Waals surface area (Å²) >= 11 is 0. The maximum Gasteiger partial charge on any atom is 0.419 e. The topological polar surface area (TPSA) is 83.2 Å². The van der Waals surface area contributed by atoms with E-state index in [0.717, 1.165) is 19.2 Å². The second-order valence-electron chi connectivity index (χ2n) is 5.39. The summed E-state index contributed by atoms with van der Waals surface area (Å²) in [5.74, 6) is -1.53. The lowest BCUT2D eigenvalue weighted by Crippen LogP contribution is -2.50. The van der Waals surface area contributed by atoms with E-state index in [1.54, 1.807) is 4.90 Å². The van der Waals surface area contributed by atoms with Crippen LogP contribution in [0.3, 0.4) is 0 Å².